The highest BCUT2D eigenvalue weighted by Crippen LogP contribution is 2.28. The van der Waals surface area contributed by atoms with Crippen LogP contribution in [-0.4, -0.2) is 9.91 Å². The molecule has 1 aromatic heterocycles. The van der Waals surface area contributed by atoms with E-state index in [4.69, 9.17) is 16.0 Å². The number of halogens is 1. The van der Waals surface area contributed by atoms with Crippen molar-refractivity contribution in [2.24, 2.45) is 0 Å². The van der Waals surface area contributed by atoms with Crippen LogP contribution in [0.4, 0.5) is 5.69 Å². The van der Waals surface area contributed by atoms with E-state index in [2.05, 4.69) is 4.98 Å². The predicted molar refractivity (Wildman–Crippen MR) is 45.7 cm³/mol. The summed E-state index contributed by atoms with van der Waals surface area (Å²) in [5.74, 6) is 0. The van der Waals surface area contributed by atoms with Gasteiger partial charge in [-0.25, -0.2) is 4.98 Å². The number of hydrogen-bond donors (Lipinski definition) is 0. The zero-order valence-electron chi connectivity index (χ0n) is 6.23. The van der Waals surface area contributed by atoms with Gasteiger partial charge < -0.3 is 4.42 Å². The van der Waals surface area contributed by atoms with Gasteiger partial charge in [0.15, 0.2) is 12.0 Å². The summed E-state index contributed by atoms with van der Waals surface area (Å²) in [7, 11) is 0. The number of benzene rings is 1. The lowest BCUT2D eigenvalue weighted by Gasteiger charge is -1.92. The topological polar surface area (TPSA) is 69.2 Å². The largest absolute Gasteiger partial charge is 0.443 e. The van der Waals surface area contributed by atoms with Gasteiger partial charge in [0, 0.05) is 0 Å². The van der Waals surface area contributed by atoms with Crippen LogP contribution in [0, 0.1) is 10.1 Å². The lowest BCUT2D eigenvalue weighted by molar-refractivity contribution is -0.384. The molecule has 13 heavy (non-hydrogen) atoms. The summed E-state index contributed by atoms with van der Waals surface area (Å²) >= 11 is 5.63. The van der Waals surface area contributed by atoms with E-state index < -0.39 is 4.92 Å². The van der Waals surface area contributed by atoms with Crippen LogP contribution in [0.3, 0.4) is 0 Å². The SMILES string of the molecule is O=[N+]([O-])c1cc2ocnc2cc1Cl. The quantitative estimate of drug-likeness (QED) is 0.521. The molecule has 0 fully saturated rings. The van der Waals surface area contributed by atoms with Crippen molar-refractivity contribution in [1.29, 1.82) is 0 Å². The maximum absolute atomic E-state index is 10.4. The Kier molecular flexibility index (Phi) is 1.66. The summed E-state index contributed by atoms with van der Waals surface area (Å²) in [6.07, 6.45) is 1.21. The van der Waals surface area contributed by atoms with E-state index >= 15 is 0 Å². The summed E-state index contributed by atoms with van der Waals surface area (Å²) in [6, 6.07) is 2.66. The molecule has 2 aromatic rings. The van der Waals surface area contributed by atoms with E-state index in [-0.39, 0.29) is 10.7 Å². The summed E-state index contributed by atoms with van der Waals surface area (Å²) in [6.45, 7) is 0. The van der Waals surface area contributed by atoms with Crippen LogP contribution >= 0.6 is 11.6 Å². The van der Waals surface area contributed by atoms with Gasteiger partial charge >= 0.3 is 0 Å². The number of fused-ring (bicyclic) bond motifs is 1. The van der Waals surface area contributed by atoms with Crippen molar-refractivity contribution in [3.8, 4) is 0 Å². The second-order valence-electron chi connectivity index (χ2n) is 2.38. The Morgan fingerprint density at radius 2 is 2.31 bits per heavy atom. The molecule has 2 rings (SSSR count). The normalized spacial score (nSPS) is 10.5. The molecular weight excluding hydrogens is 196 g/mol. The second kappa shape index (κ2) is 2.70. The van der Waals surface area contributed by atoms with E-state index in [0.717, 1.165) is 0 Å². The average Bonchev–Trinajstić information content (AvgIpc) is 2.48. The highest BCUT2D eigenvalue weighted by atomic mass is 35.5. The van der Waals surface area contributed by atoms with Gasteiger partial charge in [0.25, 0.3) is 5.69 Å². The Bertz CT molecular complexity index is 480. The summed E-state index contributed by atoms with van der Waals surface area (Å²) in [5, 5.41) is 10.5. The van der Waals surface area contributed by atoms with Gasteiger partial charge in [-0.1, -0.05) is 11.6 Å². The number of aromatic nitrogens is 1. The molecule has 0 N–H and O–H groups in total. The third-order valence-corrected chi connectivity index (χ3v) is 1.90. The fourth-order valence-corrected chi connectivity index (χ4v) is 1.23. The Balaban J connectivity index is 2.76. The Morgan fingerprint density at radius 3 is 3.00 bits per heavy atom. The predicted octanol–water partition coefficient (Wildman–Crippen LogP) is 2.39. The van der Waals surface area contributed by atoms with E-state index in [1.54, 1.807) is 0 Å². The van der Waals surface area contributed by atoms with Gasteiger partial charge in [-0.3, -0.25) is 10.1 Å². The molecule has 0 bridgehead atoms. The molecule has 5 nitrogen and oxygen atoms in total. The monoisotopic (exact) mass is 198 g/mol. The zero-order chi connectivity index (χ0) is 9.42. The van der Waals surface area contributed by atoms with Gasteiger partial charge in [-0.2, -0.15) is 0 Å². The lowest BCUT2D eigenvalue weighted by atomic mass is 10.3. The van der Waals surface area contributed by atoms with Crippen molar-refractivity contribution in [1.82, 2.24) is 4.98 Å². The van der Waals surface area contributed by atoms with E-state index in [9.17, 15) is 10.1 Å². The van der Waals surface area contributed by atoms with Crippen molar-refractivity contribution in [2.45, 2.75) is 0 Å². The van der Waals surface area contributed by atoms with Crippen LogP contribution in [0.15, 0.2) is 22.9 Å². The Labute approximate surface area is 77.1 Å². The molecule has 0 saturated heterocycles. The highest BCUT2D eigenvalue weighted by Gasteiger charge is 2.14. The lowest BCUT2D eigenvalue weighted by Crippen LogP contribution is -1.88. The highest BCUT2D eigenvalue weighted by molar-refractivity contribution is 6.33. The van der Waals surface area contributed by atoms with Crippen molar-refractivity contribution in [2.75, 3.05) is 0 Å². The molecule has 6 heteroatoms. The maximum Gasteiger partial charge on any atom is 0.291 e. The van der Waals surface area contributed by atoms with Gasteiger partial charge in [0.2, 0.25) is 0 Å². The summed E-state index contributed by atoms with van der Waals surface area (Å²) < 4.78 is 4.89. The molecule has 1 heterocycles. The standard InChI is InChI=1S/C7H3ClN2O3/c8-4-1-5-7(13-3-9-5)2-6(4)10(11)12/h1-3H. The fraction of sp³-hybridized carbons (Fsp3) is 0. The number of nitro groups is 1. The second-order valence-corrected chi connectivity index (χ2v) is 2.79. The fourth-order valence-electron chi connectivity index (χ4n) is 1.01. The van der Waals surface area contributed by atoms with E-state index in [1.807, 2.05) is 0 Å². The summed E-state index contributed by atoms with van der Waals surface area (Å²) in [4.78, 5) is 13.7. The molecule has 0 aliphatic carbocycles. The van der Waals surface area contributed by atoms with Crippen LogP contribution in [0.2, 0.25) is 5.02 Å². The third-order valence-electron chi connectivity index (χ3n) is 1.60. The molecule has 0 amide bonds. The molecule has 0 aliphatic rings. The minimum absolute atomic E-state index is 0.0615. The molecule has 0 unspecified atom stereocenters. The van der Waals surface area contributed by atoms with Crippen LogP contribution in [0.1, 0.15) is 0 Å². The first-order chi connectivity index (χ1) is 6.18. The van der Waals surface area contributed by atoms with E-state index in [1.165, 1.54) is 18.5 Å². The first-order valence-electron chi connectivity index (χ1n) is 3.35. The smallest absolute Gasteiger partial charge is 0.291 e. The van der Waals surface area contributed by atoms with Crippen LogP contribution in [0.5, 0.6) is 0 Å². The minimum atomic E-state index is -0.565. The molecular formula is C7H3ClN2O3. The molecule has 1 aromatic carbocycles. The summed E-state index contributed by atoms with van der Waals surface area (Å²) in [5.41, 5.74) is 0.692. The van der Waals surface area contributed by atoms with Gasteiger partial charge in [0.1, 0.15) is 10.5 Å². The van der Waals surface area contributed by atoms with Gasteiger partial charge in [-0.15, -0.1) is 0 Å². The Morgan fingerprint density at radius 1 is 1.54 bits per heavy atom. The van der Waals surface area contributed by atoms with Crippen LogP contribution < -0.4 is 0 Å². The van der Waals surface area contributed by atoms with Crippen LogP contribution in [0.25, 0.3) is 11.1 Å². The zero-order valence-corrected chi connectivity index (χ0v) is 6.99. The number of nitrogens with zero attached hydrogens (tertiary/aromatic N) is 2. The Hall–Kier alpha value is -1.62. The van der Waals surface area contributed by atoms with Crippen molar-refractivity contribution in [3.63, 3.8) is 0 Å². The van der Waals surface area contributed by atoms with Gasteiger partial charge in [-0.05, 0) is 6.07 Å². The average molecular weight is 199 g/mol. The molecule has 0 radical (unpaired) electrons. The number of rotatable bonds is 1. The van der Waals surface area contributed by atoms with Crippen molar-refractivity contribution in [3.05, 3.63) is 33.7 Å². The molecule has 66 valence electrons. The van der Waals surface area contributed by atoms with Crippen molar-refractivity contribution < 1.29 is 9.34 Å². The van der Waals surface area contributed by atoms with Gasteiger partial charge in [0.05, 0.1) is 11.0 Å². The van der Waals surface area contributed by atoms with Crippen molar-refractivity contribution >= 4 is 28.4 Å². The minimum Gasteiger partial charge on any atom is -0.443 e. The first-order valence-corrected chi connectivity index (χ1v) is 3.73. The molecule has 0 atom stereocenters. The maximum atomic E-state index is 10.4. The van der Waals surface area contributed by atoms with E-state index in [0.29, 0.717) is 11.1 Å². The molecule has 0 aliphatic heterocycles. The van der Waals surface area contributed by atoms with Crippen LogP contribution in [-0.2, 0) is 0 Å². The number of oxazole rings is 1. The first kappa shape index (κ1) is 8.00. The molecule has 0 saturated carbocycles. The molecule has 0 spiro atoms. The number of hydrogen-bond acceptors (Lipinski definition) is 4. The third kappa shape index (κ3) is 1.23. The number of nitro benzene ring substituents is 1.